The summed E-state index contributed by atoms with van der Waals surface area (Å²) in [4.78, 5) is 26.2. The molecule has 0 bridgehead atoms. The molecule has 44 heavy (non-hydrogen) atoms. The van der Waals surface area contributed by atoms with Gasteiger partial charge in [-0.15, -0.1) is 0 Å². The average Bonchev–Trinajstić information content (AvgIpc) is 2.95. The van der Waals surface area contributed by atoms with Crippen molar-refractivity contribution < 1.29 is 19.8 Å². The van der Waals surface area contributed by atoms with Crippen molar-refractivity contribution in [3.63, 3.8) is 0 Å². The molecule has 0 aliphatic heterocycles. The smallest absolute Gasteiger partial charge is 0.309 e. The van der Waals surface area contributed by atoms with Crippen molar-refractivity contribution in [1.29, 1.82) is 0 Å². The van der Waals surface area contributed by atoms with E-state index >= 15 is 0 Å². The first-order valence-electron chi connectivity index (χ1n) is 18.5. The highest BCUT2D eigenvalue weighted by Gasteiger charge is 2.68. The Bertz CT molecular complexity index is 1310. The Hall–Kier alpha value is -1.58. The maximum atomic E-state index is 13.1. The summed E-state index contributed by atoms with van der Waals surface area (Å²) in [6.07, 6.45) is 14.3. The van der Waals surface area contributed by atoms with E-state index in [2.05, 4.69) is 54.5 Å². The molecule has 7 aliphatic rings. The molecule has 0 heterocycles. The van der Waals surface area contributed by atoms with Crippen LogP contribution in [-0.2, 0) is 9.59 Å². The van der Waals surface area contributed by atoms with Crippen molar-refractivity contribution in [2.75, 3.05) is 0 Å². The van der Waals surface area contributed by atoms with E-state index in [1.165, 1.54) is 31.3 Å². The van der Waals surface area contributed by atoms with Crippen molar-refractivity contribution in [3.05, 3.63) is 22.8 Å². The molecule has 4 saturated carbocycles. The van der Waals surface area contributed by atoms with Gasteiger partial charge in [0.25, 0.3) is 0 Å². The fourth-order valence-corrected chi connectivity index (χ4v) is 14.3. The van der Waals surface area contributed by atoms with E-state index < -0.39 is 22.8 Å². The van der Waals surface area contributed by atoms with Crippen LogP contribution in [-0.4, -0.2) is 22.2 Å². The summed E-state index contributed by atoms with van der Waals surface area (Å²) < 4.78 is 0. The summed E-state index contributed by atoms with van der Waals surface area (Å²) in [5, 5.41) is 21.5. The van der Waals surface area contributed by atoms with Crippen molar-refractivity contribution >= 4 is 11.9 Å². The molecule has 0 radical (unpaired) electrons. The zero-order valence-electron chi connectivity index (χ0n) is 28.9. The molecule has 7 rings (SSSR count). The van der Waals surface area contributed by atoms with E-state index in [1.54, 1.807) is 5.57 Å². The third-order valence-electron chi connectivity index (χ3n) is 16.4. The molecule has 0 aromatic carbocycles. The number of carboxylic acid groups (broad SMARTS) is 2. The Kier molecular flexibility index (Phi) is 7.03. The molecular formula is C40H60O4. The second kappa shape index (κ2) is 9.96. The van der Waals surface area contributed by atoms with E-state index in [1.807, 2.05) is 12.5 Å². The summed E-state index contributed by atoms with van der Waals surface area (Å²) >= 11 is 0. The number of carbonyl (C=O) groups is 2. The average molecular weight is 605 g/mol. The maximum absolute atomic E-state index is 13.1. The molecule has 0 amide bonds. The van der Waals surface area contributed by atoms with E-state index in [-0.39, 0.29) is 22.7 Å². The number of carboxylic acids is 2. The fourth-order valence-electron chi connectivity index (χ4n) is 14.3. The lowest BCUT2D eigenvalue weighted by Crippen LogP contribution is -2.63. The van der Waals surface area contributed by atoms with Gasteiger partial charge in [0.15, 0.2) is 0 Å². The molecule has 13 unspecified atom stereocenters. The summed E-state index contributed by atoms with van der Waals surface area (Å²) in [6, 6.07) is 0. The molecule has 7 aliphatic carbocycles. The van der Waals surface area contributed by atoms with Gasteiger partial charge in [-0.2, -0.15) is 0 Å². The lowest BCUT2D eigenvalue weighted by atomic mass is 9.35. The van der Waals surface area contributed by atoms with Crippen LogP contribution in [0.15, 0.2) is 22.8 Å². The zero-order chi connectivity index (χ0) is 31.7. The van der Waals surface area contributed by atoms with Gasteiger partial charge in [0, 0.05) is 0 Å². The highest BCUT2D eigenvalue weighted by atomic mass is 16.4. The SMILES string of the molecule is CC(C)C1CCC2C3=C1C1C(C(C)C)CCC4C1C(CC1C(C)(C(=O)O)CCCC41C)C3=CC1C(C)(C(=O)O)CCCC21C. The predicted octanol–water partition coefficient (Wildman–Crippen LogP) is 9.65. The predicted molar refractivity (Wildman–Crippen MR) is 175 cm³/mol. The van der Waals surface area contributed by atoms with E-state index in [9.17, 15) is 19.8 Å². The first-order valence-corrected chi connectivity index (χ1v) is 18.5. The van der Waals surface area contributed by atoms with Gasteiger partial charge in [-0.1, -0.05) is 66.0 Å². The monoisotopic (exact) mass is 604 g/mol. The quantitative estimate of drug-likeness (QED) is 0.335. The van der Waals surface area contributed by atoms with Crippen LogP contribution in [0.5, 0.6) is 0 Å². The largest absolute Gasteiger partial charge is 0.481 e. The highest BCUT2D eigenvalue weighted by Crippen LogP contribution is 2.74. The van der Waals surface area contributed by atoms with Crippen LogP contribution < -0.4 is 0 Å². The lowest BCUT2D eigenvalue weighted by molar-refractivity contribution is -0.184. The first kappa shape index (κ1) is 31.0. The standard InChI is InChI=1S/C40H60O4/c1-21(2)23-11-13-27-31-25(19-29-37(27,5)15-9-17-39(29,7)35(41)42)26-20-30-38(6,16-10-18-40(30,8)36(43)44)28-14-12-24(22(3)4)34(32(26)28)33(23)31/h19,21-24,26-30,32,34H,9-18,20H2,1-8H3,(H,41,42)(H,43,44). The maximum Gasteiger partial charge on any atom is 0.309 e. The third kappa shape index (κ3) is 3.81. The lowest BCUT2D eigenvalue weighted by Gasteiger charge is -2.69. The molecule has 244 valence electrons. The summed E-state index contributed by atoms with van der Waals surface area (Å²) in [6.45, 7) is 18.9. The number of rotatable bonds is 4. The van der Waals surface area contributed by atoms with Gasteiger partial charge in [-0.25, -0.2) is 0 Å². The molecule has 13 atom stereocenters. The molecule has 0 aromatic rings. The molecule has 4 fully saturated rings. The van der Waals surface area contributed by atoms with Crippen LogP contribution in [0.4, 0.5) is 0 Å². The molecule has 4 nitrogen and oxygen atoms in total. The number of hydrogen-bond acceptors (Lipinski definition) is 2. The second-order valence-corrected chi connectivity index (χ2v) is 18.7. The van der Waals surface area contributed by atoms with Crippen LogP contribution in [0.3, 0.4) is 0 Å². The van der Waals surface area contributed by atoms with Crippen LogP contribution in [0.2, 0.25) is 0 Å². The number of allylic oxidation sites excluding steroid dienone is 4. The zero-order valence-corrected chi connectivity index (χ0v) is 28.9. The Morgan fingerprint density at radius 3 is 2.05 bits per heavy atom. The number of hydrogen-bond donors (Lipinski definition) is 2. The summed E-state index contributed by atoms with van der Waals surface area (Å²) in [5.74, 6) is 3.97. The van der Waals surface area contributed by atoms with Crippen LogP contribution in [0.1, 0.15) is 126 Å². The topological polar surface area (TPSA) is 74.6 Å². The molecule has 4 heteroatoms. The van der Waals surface area contributed by atoms with Crippen molar-refractivity contribution in [2.24, 2.45) is 86.8 Å². The minimum absolute atomic E-state index is 0.0325. The normalized spacial score (nSPS) is 51.1. The summed E-state index contributed by atoms with van der Waals surface area (Å²) in [5.41, 5.74) is 3.60. The number of aliphatic carboxylic acids is 2. The van der Waals surface area contributed by atoms with Gasteiger partial charge in [0.2, 0.25) is 0 Å². The number of fused-ring (bicyclic) bond motifs is 6. The van der Waals surface area contributed by atoms with Crippen molar-refractivity contribution in [1.82, 2.24) is 0 Å². The minimum atomic E-state index is -0.743. The van der Waals surface area contributed by atoms with E-state index in [4.69, 9.17) is 0 Å². The second-order valence-electron chi connectivity index (χ2n) is 18.7. The first-order chi connectivity index (χ1) is 20.6. The van der Waals surface area contributed by atoms with Gasteiger partial charge >= 0.3 is 11.9 Å². The minimum Gasteiger partial charge on any atom is -0.481 e. The van der Waals surface area contributed by atoms with Gasteiger partial charge < -0.3 is 10.2 Å². The van der Waals surface area contributed by atoms with Crippen LogP contribution in [0, 0.1) is 86.8 Å². The summed E-state index contributed by atoms with van der Waals surface area (Å²) in [7, 11) is 0. The van der Waals surface area contributed by atoms with Crippen molar-refractivity contribution in [3.8, 4) is 0 Å². The Morgan fingerprint density at radius 2 is 1.43 bits per heavy atom. The molecule has 0 spiro atoms. The van der Waals surface area contributed by atoms with Crippen LogP contribution in [0.25, 0.3) is 0 Å². The van der Waals surface area contributed by atoms with Crippen molar-refractivity contribution in [2.45, 2.75) is 126 Å². The van der Waals surface area contributed by atoms with Gasteiger partial charge in [-0.3, -0.25) is 9.59 Å². The Balaban J connectivity index is 1.51. The highest BCUT2D eigenvalue weighted by molar-refractivity contribution is 5.76. The van der Waals surface area contributed by atoms with E-state index in [0.29, 0.717) is 53.3 Å². The molecular weight excluding hydrogens is 544 g/mol. The van der Waals surface area contributed by atoms with Gasteiger partial charge in [0.1, 0.15) is 0 Å². The molecule has 0 aromatic heterocycles. The third-order valence-corrected chi connectivity index (χ3v) is 16.4. The Morgan fingerprint density at radius 1 is 0.795 bits per heavy atom. The fraction of sp³-hybridized carbons (Fsp3) is 0.850. The van der Waals surface area contributed by atoms with Gasteiger partial charge in [-0.05, 0) is 159 Å². The molecule has 0 saturated heterocycles. The van der Waals surface area contributed by atoms with Gasteiger partial charge in [0.05, 0.1) is 10.8 Å². The van der Waals surface area contributed by atoms with Crippen LogP contribution >= 0.6 is 0 Å². The Labute approximate surface area is 266 Å². The van der Waals surface area contributed by atoms with E-state index in [0.717, 1.165) is 44.9 Å². The molecule has 2 N–H and O–H groups in total.